The van der Waals surface area contributed by atoms with Gasteiger partial charge in [0.05, 0.1) is 16.8 Å². The molecule has 1 fully saturated rings. The Bertz CT molecular complexity index is 1450. The molecule has 166 valence electrons. The molecule has 2 aromatic heterocycles. The molecule has 0 saturated carbocycles. The molecule has 0 amide bonds. The van der Waals surface area contributed by atoms with Gasteiger partial charge >= 0.3 is 0 Å². The number of piperazine rings is 1. The van der Waals surface area contributed by atoms with Crippen LogP contribution in [-0.2, 0) is 10.0 Å². The molecule has 0 bridgehead atoms. The highest BCUT2D eigenvalue weighted by molar-refractivity contribution is 7.90. The van der Waals surface area contributed by atoms with Crippen LogP contribution in [0.1, 0.15) is 11.3 Å². The number of para-hydroxylation sites is 1. The summed E-state index contributed by atoms with van der Waals surface area (Å²) in [5.74, 6) is 0. The Morgan fingerprint density at radius 1 is 1.06 bits per heavy atom. The fraction of sp³-hybridized carbons (Fsp3) is 0.286. The second-order valence-electron chi connectivity index (χ2n) is 7.79. The van der Waals surface area contributed by atoms with E-state index in [-0.39, 0.29) is 21.0 Å². The third-order valence-corrected chi connectivity index (χ3v) is 7.93. The molecule has 32 heavy (non-hydrogen) atoms. The van der Waals surface area contributed by atoms with Crippen LogP contribution in [0.15, 0.2) is 51.0 Å². The van der Waals surface area contributed by atoms with Crippen LogP contribution in [0.5, 0.6) is 0 Å². The lowest BCUT2D eigenvalue weighted by molar-refractivity contribution is 0.159. The highest BCUT2D eigenvalue weighted by Gasteiger charge is 2.28. The summed E-state index contributed by atoms with van der Waals surface area (Å²) in [5.41, 5.74) is 2.18. The molecule has 0 spiro atoms. The molecule has 2 aromatic carbocycles. The summed E-state index contributed by atoms with van der Waals surface area (Å²) < 4.78 is 33.7. The molecular weight excluding hydrogens is 452 g/mol. The number of aromatic nitrogens is 3. The molecule has 3 heterocycles. The van der Waals surface area contributed by atoms with Crippen LogP contribution in [0.25, 0.3) is 21.9 Å². The summed E-state index contributed by atoms with van der Waals surface area (Å²) in [6, 6.07) is 10.3. The maximum absolute atomic E-state index is 13.8. The third-order valence-electron chi connectivity index (χ3n) is 5.78. The van der Waals surface area contributed by atoms with Crippen molar-refractivity contribution in [1.29, 1.82) is 0 Å². The lowest BCUT2D eigenvalue weighted by Crippen LogP contribution is -2.41. The first-order chi connectivity index (χ1) is 15.4. The lowest BCUT2D eigenvalue weighted by Gasteiger charge is -2.30. The highest BCUT2D eigenvalue weighted by atomic mass is 35.5. The minimum Gasteiger partial charge on any atom is -0.303 e. The van der Waals surface area contributed by atoms with Gasteiger partial charge in [-0.3, -0.25) is 5.01 Å². The van der Waals surface area contributed by atoms with Crippen molar-refractivity contribution in [2.24, 2.45) is 5.10 Å². The maximum Gasteiger partial charge on any atom is 0.270 e. The average molecular weight is 473 g/mol. The normalized spacial score (nSPS) is 16.0. The van der Waals surface area contributed by atoms with Gasteiger partial charge in [-0.15, -0.1) is 0 Å². The molecule has 1 aliphatic heterocycles. The van der Waals surface area contributed by atoms with E-state index in [2.05, 4.69) is 27.4 Å². The first-order valence-electron chi connectivity index (χ1n) is 10.1. The summed E-state index contributed by atoms with van der Waals surface area (Å²) in [4.78, 5) is 2.23. The van der Waals surface area contributed by atoms with Gasteiger partial charge in [-0.05, 0) is 42.5 Å². The van der Waals surface area contributed by atoms with Gasteiger partial charge < -0.3 is 4.90 Å². The topological polar surface area (TPSA) is 96.8 Å². The zero-order valence-electron chi connectivity index (χ0n) is 17.6. The number of hydrazone groups is 1. The number of hydrogen-bond acceptors (Lipinski definition) is 8. The second-order valence-corrected chi connectivity index (χ2v) is 9.96. The number of halogens is 1. The molecule has 0 unspecified atom stereocenters. The number of fused-ring (bicyclic) bond motifs is 2. The number of benzene rings is 2. The first kappa shape index (κ1) is 20.9. The van der Waals surface area contributed by atoms with Gasteiger partial charge in [-0.25, -0.2) is 17.0 Å². The van der Waals surface area contributed by atoms with E-state index in [0.717, 1.165) is 37.1 Å². The quantitative estimate of drug-likeness (QED) is 0.421. The minimum atomic E-state index is -4.03. The molecule has 1 aliphatic rings. The molecule has 1 saturated heterocycles. The van der Waals surface area contributed by atoms with Gasteiger partial charge in [0.15, 0.2) is 11.0 Å². The van der Waals surface area contributed by atoms with E-state index in [9.17, 15) is 8.42 Å². The van der Waals surface area contributed by atoms with Crippen molar-refractivity contribution in [1.82, 2.24) is 24.2 Å². The summed E-state index contributed by atoms with van der Waals surface area (Å²) in [5, 5.41) is 15.2. The summed E-state index contributed by atoms with van der Waals surface area (Å²) in [6.45, 7) is 5.29. The standard InChI is InChI=1S/C21H21ClN6O3S/c1-14-16(13-23-27-11-9-26(2)10-12-27)15-5-3-4-6-18(15)28(14)32(29,30)19-8-7-17(22)20-21(19)25-31-24-20/h3-8,13H,9-12H2,1-2H3/b23-13+. The summed E-state index contributed by atoms with van der Waals surface area (Å²) in [6.07, 6.45) is 1.75. The number of rotatable bonds is 4. The molecular formula is C21H21ClN6O3S. The maximum atomic E-state index is 13.8. The number of hydrogen-bond donors (Lipinski definition) is 0. The Hall–Kier alpha value is -2.95. The summed E-state index contributed by atoms with van der Waals surface area (Å²) in [7, 11) is -1.94. The molecule has 4 aromatic rings. The second kappa shape index (κ2) is 7.88. The Morgan fingerprint density at radius 2 is 1.78 bits per heavy atom. The van der Waals surface area contributed by atoms with Crippen molar-refractivity contribution in [2.75, 3.05) is 33.2 Å². The van der Waals surface area contributed by atoms with E-state index in [1.807, 2.05) is 23.2 Å². The Kier molecular flexibility index (Phi) is 5.15. The smallest absolute Gasteiger partial charge is 0.270 e. The predicted molar refractivity (Wildman–Crippen MR) is 123 cm³/mol. The zero-order valence-corrected chi connectivity index (χ0v) is 19.1. The van der Waals surface area contributed by atoms with Crippen molar-refractivity contribution in [3.05, 3.63) is 52.7 Å². The highest BCUT2D eigenvalue weighted by Crippen LogP contribution is 2.33. The number of nitrogens with zero attached hydrogens (tertiary/aromatic N) is 6. The van der Waals surface area contributed by atoms with Gasteiger partial charge in [0.1, 0.15) is 4.90 Å². The lowest BCUT2D eigenvalue weighted by atomic mass is 10.1. The third kappa shape index (κ3) is 3.35. The van der Waals surface area contributed by atoms with Gasteiger partial charge in [0.25, 0.3) is 10.0 Å². The van der Waals surface area contributed by atoms with Crippen LogP contribution in [0, 0.1) is 6.92 Å². The molecule has 9 nitrogen and oxygen atoms in total. The molecule has 0 atom stereocenters. The van der Waals surface area contributed by atoms with Crippen molar-refractivity contribution in [2.45, 2.75) is 11.8 Å². The van der Waals surface area contributed by atoms with Gasteiger partial charge in [-0.2, -0.15) is 5.10 Å². The molecule has 5 rings (SSSR count). The molecule has 0 radical (unpaired) electrons. The summed E-state index contributed by atoms with van der Waals surface area (Å²) >= 11 is 6.13. The Balaban J connectivity index is 1.66. The largest absolute Gasteiger partial charge is 0.303 e. The van der Waals surface area contributed by atoms with E-state index >= 15 is 0 Å². The van der Waals surface area contributed by atoms with Crippen molar-refractivity contribution in [3.8, 4) is 0 Å². The number of likely N-dealkylation sites (N-methyl/N-ethyl adjacent to an activating group) is 1. The first-order valence-corrected chi connectivity index (χ1v) is 11.9. The Labute approximate surface area is 189 Å². The van der Waals surface area contributed by atoms with E-state index in [1.165, 1.54) is 16.1 Å². The monoisotopic (exact) mass is 472 g/mol. The van der Waals surface area contributed by atoms with Crippen LogP contribution < -0.4 is 0 Å². The van der Waals surface area contributed by atoms with E-state index in [0.29, 0.717) is 11.2 Å². The van der Waals surface area contributed by atoms with Crippen molar-refractivity contribution >= 4 is 49.8 Å². The van der Waals surface area contributed by atoms with Crippen LogP contribution in [0.4, 0.5) is 0 Å². The van der Waals surface area contributed by atoms with E-state index in [1.54, 1.807) is 19.2 Å². The molecule has 0 aliphatic carbocycles. The van der Waals surface area contributed by atoms with Crippen molar-refractivity contribution < 1.29 is 13.0 Å². The van der Waals surface area contributed by atoms with Crippen LogP contribution >= 0.6 is 11.6 Å². The average Bonchev–Trinajstić information content (AvgIpc) is 3.37. The SMILES string of the molecule is Cc1c(/C=N/N2CCN(C)CC2)c2ccccc2n1S(=O)(=O)c1ccc(Cl)c2nonc12. The molecule has 0 N–H and O–H groups in total. The van der Waals surface area contributed by atoms with E-state index in [4.69, 9.17) is 16.2 Å². The van der Waals surface area contributed by atoms with Gasteiger partial charge in [0.2, 0.25) is 0 Å². The predicted octanol–water partition coefficient (Wildman–Crippen LogP) is 2.96. The van der Waals surface area contributed by atoms with Crippen molar-refractivity contribution in [3.63, 3.8) is 0 Å². The van der Waals surface area contributed by atoms with Gasteiger partial charge in [0, 0.05) is 42.8 Å². The van der Waals surface area contributed by atoms with Gasteiger partial charge in [-0.1, -0.05) is 29.8 Å². The minimum absolute atomic E-state index is 0.0236. The van der Waals surface area contributed by atoms with E-state index < -0.39 is 10.0 Å². The fourth-order valence-corrected chi connectivity index (χ4v) is 5.89. The van der Waals surface area contributed by atoms with Crippen LogP contribution in [0.2, 0.25) is 5.02 Å². The van der Waals surface area contributed by atoms with Crippen LogP contribution in [-0.4, -0.2) is 72.1 Å². The Morgan fingerprint density at radius 3 is 2.56 bits per heavy atom. The fourth-order valence-electron chi connectivity index (χ4n) is 4.01. The zero-order chi connectivity index (χ0) is 22.5. The van der Waals surface area contributed by atoms with Crippen LogP contribution in [0.3, 0.4) is 0 Å². The molecule has 11 heteroatoms.